The Balaban J connectivity index is 1.74. The quantitative estimate of drug-likeness (QED) is 0.304. The van der Waals surface area contributed by atoms with Gasteiger partial charge in [-0.05, 0) is 48.0 Å². The molecule has 0 radical (unpaired) electrons. The third-order valence-corrected chi connectivity index (χ3v) is 7.02. The Kier molecular flexibility index (Phi) is 8.43. The van der Waals surface area contributed by atoms with Crippen LogP contribution in [0.15, 0.2) is 84.0 Å². The largest absolute Gasteiger partial charge is 0.394 e. The zero-order chi connectivity index (χ0) is 27.2. The van der Waals surface area contributed by atoms with Gasteiger partial charge >= 0.3 is 0 Å². The van der Waals surface area contributed by atoms with Crippen LogP contribution in [-0.2, 0) is 0 Å². The Hall–Kier alpha value is -4.17. The molecule has 2 atom stereocenters. The van der Waals surface area contributed by atoms with Crippen LogP contribution >= 0.6 is 0 Å². The Morgan fingerprint density at radius 3 is 2.82 bits per heavy atom. The van der Waals surface area contributed by atoms with E-state index in [-0.39, 0.29) is 0 Å². The maximum Gasteiger partial charge on any atom is 0.192 e. The van der Waals surface area contributed by atoms with E-state index in [2.05, 4.69) is 72.4 Å². The number of rotatable bonds is 10. The smallest absolute Gasteiger partial charge is 0.192 e. The van der Waals surface area contributed by atoms with Gasteiger partial charge in [0.2, 0.25) is 0 Å². The van der Waals surface area contributed by atoms with E-state index in [0.717, 1.165) is 46.0 Å². The molecule has 3 heterocycles. The van der Waals surface area contributed by atoms with E-state index in [9.17, 15) is 0 Å². The predicted molar refractivity (Wildman–Crippen MR) is 159 cm³/mol. The van der Waals surface area contributed by atoms with Crippen molar-refractivity contribution in [2.24, 2.45) is 27.8 Å². The molecular weight excluding hydrogens is 472 g/mol. The van der Waals surface area contributed by atoms with Gasteiger partial charge in [-0.15, -0.1) is 10.2 Å². The monoisotopic (exact) mass is 510 g/mol. The molecular formula is C30H38N8. The van der Waals surface area contributed by atoms with Gasteiger partial charge in [0.05, 0.1) is 17.1 Å². The number of hydrazine groups is 2. The Morgan fingerprint density at radius 2 is 2.16 bits per heavy atom. The third-order valence-electron chi connectivity index (χ3n) is 7.02. The maximum atomic E-state index is 6.22. The fraction of sp³-hybridized carbons (Fsp3) is 0.300. The van der Waals surface area contributed by atoms with E-state index < -0.39 is 0 Å². The summed E-state index contributed by atoms with van der Waals surface area (Å²) in [7, 11) is 3.66. The van der Waals surface area contributed by atoms with E-state index in [1.54, 1.807) is 22.3 Å². The van der Waals surface area contributed by atoms with Gasteiger partial charge in [0.1, 0.15) is 0 Å². The molecule has 8 nitrogen and oxygen atoms in total. The van der Waals surface area contributed by atoms with E-state index in [1.165, 1.54) is 12.8 Å². The Labute approximate surface area is 226 Å². The summed E-state index contributed by atoms with van der Waals surface area (Å²) >= 11 is 0. The summed E-state index contributed by atoms with van der Waals surface area (Å²) in [5.74, 6) is 2.38. The molecule has 0 saturated heterocycles. The van der Waals surface area contributed by atoms with Crippen LogP contribution in [0.1, 0.15) is 55.6 Å². The Bertz CT molecular complexity index is 1310. The minimum Gasteiger partial charge on any atom is -0.394 e. The molecule has 8 heteroatoms. The van der Waals surface area contributed by atoms with Crippen LogP contribution < -0.4 is 16.6 Å². The van der Waals surface area contributed by atoms with Gasteiger partial charge in [-0.2, -0.15) is 0 Å². The molecule has 0 bridgehead atoms. The van der Waals surface area contributed by atoms with Crippen LogP contribution in [0.4, 0.5) is 0 Å². The molecule has 1 aliphatic carbocycles. The van der Waals surface area contributed by atoms with E-state index in [1.807, 2.05) is 38.5 Å². The Morgan fingerprint density at radius 1 is 1.34 bits per heavy atom. The minimum atomic E-state index is 0.448. The molecule has 0 fully saturated rings. The molecule has 4 N–H and O–H groups in total. The van der Waals surface area contributed by atoms with Crippen LogP contribution in [0.25, 0.3) is 17.2 Å². The van der Waals surface area contributed by atoms with E-state index >= 15 is 0 Å². The normalized spacial score (nSPS) is 19.4. The molecule has 1 unspecified atom stereocenters. The second kappa shape index (κ2) is 11.9. The zero-order valence-corrected chi connectivity index (χ0v) is 22.8. The first kappa shape index (κ1) is 26.9. The molecule has 2 aliphatic heterocycles. The molecule has 198 valence electrons. The molecule has 1 aromatic heterocycles. The average molecular weight is 511 g/mol. The summed E-state index contributed by atoms with van der Waals surface area (Å²) < 4.78 is 0. The number of allylic oxidation sites excluding steroid dienone is 8. The number of hydrogen-bond donors (Lipinski definition) is 3. The summed E-state index contributed by atoms with van der Waals surface area (Å²) in [6, 6.07) is 2.11. The number of fused-ring (bicyclic) bond motifs is 3. The van der Waals surface area contributed by atoms with Gasteiger partial charge < -0.3 is 10.7 Å². The molecule has 0 amide bonds. The highest BCUT2D eigenvalue weighted by molar-refractivity contribution is 6.09. The van der Waals surface area contributed by atoms with Crippen LogP contribution in [0.3, 0.4) is 0 Å². The standard InChI is InChI=1S/C30H38N8/c1-7-10-22(9-3)24-18-25-27(33-28(24)23-13-11-21(12-14-23)17-20(4)8-2)15-16-38-30(25)35-34-29(36-38)26(31)19-37(6)32-5/h7,9-11,13-16,18-21,32H,1,3,8,12,17,31H2,2,4-6H3,(H,34,36)/b22-10+,26-19-/t20-,21?/m1/s1. The topological polar surface area (TPSA) is 94.2 Å². The highest BCUT2D eigenvalue weighted by Gasteiger charge is 2.27. The molecule has 38 heavy (non-hydrogen) atoms. The highest BCUT2D eigenvalue weighted by atomic mass is 15.6. The number of nitrogens with two attached hydrogens (primary N) is 1. The van der Waals surface area contributed by atoms with Crippen LogP contribution in [-0.4, -0.2) is 40.8 Å². The fourth-order valence-electron chi connectivity index (χ4n) is 4.60. The average Bonchev–Trinajstić information content (AvgIpc) is 2.95. The van der Waals surface area contributed by atoms with Gasteiger partial charge in [0, 0.05) is 37.6 Å². The first-order chi connectivity index (χ1) is 18.4. The van der Waals surface area contributed by atoms with Crippen molar-refractivity contribution in [2.45, 2.75) is 33.1 Å². The van der Waals surface area contributed by atoms with Crippen molar-refractivity contribution in [1.29, 1.82) is 0 Å². The maximum absolute atomic E-state index is 6.22. The van der Waals surface area contributed by atoms with Crippen molar-refractivity contribution in [1.82, 2.24) is 25.9 Å². The molecule has 0 saturated carbocycles. The van der Waals surface area contributed by atoms with Crippen molar-refractivity contribution < 1.29 is 0 Å². The summed E-state index contributed by atoms with van der Waals surface area (Å²) in [5.41, 5.74) is 18.5. The summed E-state index contributed by atoms with van der Waals surface area (Å²) in [4.78, 5) is 5.12. The molecule has 4 rings (SSSR count). The number of nitrogens with one attached hydrogen (secondary N) is 2. The lowest BCUT2D eigenvalue weighted by molar-refractivity contribution is 0.363. The van der Waals surface area contributed by atoms with Gasteiger partial charge in [-0.25, -0.2) is 15.4 Å². The third kappa shape index (κ3) is 5.70. The van der Waals surface area contributed by atoms with Gasteiger partial charge in [0.15, 0.2) is 11.7 Å². The van der Waals surface area contributed by atoms with E-state index in [0.29, 0.717) is 23.3 Å². The minimum absolute atomic E-state index is 0.448. The summed E-state index contributed by atoms with van der Waals surface area (Å²) in [5, 5.41) is 12.4. The zero-order valence-electron chi connectivity index (χ0n) is 22.8. The van der Waals surface area contributed by atoms with Crippen LogP contribution in [0.2, 0.25) is 0 Å². The number of nitrogens with zero attached hydrogens (tertiary/aromatic N) is 5. The lowest BCUT2D eigenvalue weighted by atomic mass is 9.85. The second-order valence-corrected chi connectivity index (χ2v) is 9.73. The fourth-order valence-corrected chi connectivity index (χ4v) is 4.60. The highest BCUT2D eigenvalue weighted by Crippen LogP contribution is 2.34. The van der Waals surface area contributed by atoms with Gasteiger partial charge in [-0.3, -0.25) is 5.43 Å². The number of aromatic nitrogens is 1. The van der Waals surface area contributed by atoms with Crippen molar-refractivity contribution in [2.75, 3.05) is 14.1 Å². The summed E-state index contributed by atoms with van der Waals surface area (Å²) in [6.07, 6.45) is 21.4. The first-order valence-electron chi connectivity index (χ1n) is 13.1. The molecule has 3 aliphatic rings. The van der Waals surface area contributed by atoms with Crippen molar-refractivity contribution in [3.8, 4) is 0 Å². The number of pyridine rings is 1. The molecule has 0 spiro atoms. The van der Waals surface area contributed by atoms with Gasteiger partial charge in [0.25, 0.3) is 0 Å². The molecule has 1 aromatic rings. The van der Waals surface area contributed by atoms with Crippen LogP contribution in [0, 0.1) is 11.8 Å². The first-order valence-corrected chi connectivity index (χ1v) is 13.1. The van der Waals surface area contributed by atoms with Crippen molar-refractivity contribution in [3.05, 3.63) is 96.3 Å². The van der Waals surface area contributed by atoms with Crippen LogP contribution in [0.5, 0.6) is 0 Å². The molecule has 0 aromatic carbocycles. The lowest BCUT2D eigenvalue weighted by Crippen LogP contribution is -2.48. The second-order valence-electron chi connectivity index (χ2n) is 9.73. The number of hydrogen-bond acceptors (Lipinski definition) is 8. The SMILES string of the molecule is C=C/C=C(\C=C)c1cc2c(nc1C1=CCC(C[C@H](C)CC)C=C1)C=CN1NC(/C(N)=C/N(C)NC)=NN=C21. The van der Waals surface area contributed by atoms with Crippen molar-refractivity contribution in [3.63, 3.8) is 0 Å². The predicted octanol–water partition coefficient (Wildman–Crippen LogP) is 4.96. The van der Waals surface area contributed by atoms with Gasteiger partial charge in [-0.1, -0.05) is 69.9 Å². The summed E-state index contributed by atoms with van der Waals surface area (Å²) in [6.45, 7) is 12.5. The lowest BCUT2D eigenvalue weighted by Gasteiger charge is -2.31. The van der Waals surface area contributed by atoms with Crippen molar-refractivity contribution >= 4 is 28.9 Å². The number of amidine groups is 2. The van der Waals surface area contributed by atoms with E-state index in [4.69, 9.17) is 10.7 Å².